The Morgan fingerprint density at radius 3 is 2.69 bits per heavy atom. The minimum atomic E-state index is -1.85. The highest BCUT2D eigenvalue weighted by Crippen LogP contribution is 2.24. The normalized spacial score (nSPS) is 14.3. The number of benzene rings is 1. The molecule has 1 aromatic carbocycles. The van der Waals surface area contributed by atoms with Crippen LogP contribution in [-0.2, 0) is 9.53 Å². The van der Waals surface area contributed by atoms with Crippen LogP contribution in [0, 0.1) is 5.82 Å². The molecule has 0 saturated carbocycles. The van der Waals surface area contributed by atoms with Gasteiger partial charge in [0.25, 0.3) is 0 Å². The van der Waals surface area contributed by atoms with Crippen LogP contribution in [0.5, 0.6) is 0 Å². The van der Waals surface area contributed by atoms with E-state index >= 15 is 0 Å². The Balaban J connectivity index is 2.99. The summed E-state index contributed by atoms with van der Waals surface area (Å²) in [4.78, 5) is 10.9. The van der Waals surface area contributed by atoms with Gasteiger partial charge in [-0.25, -0.2) is 9.18 Å². The molecule has 0 saturated heterocycles. The predicted octanol–water partition coefficient (Wildman–Crippen LogP) is 1.05. The van der Waals surface area contributed by atoms with Crippen molar-refractivity contribution in [1.29, 1.82) is 0 Å². The first-order chi connectivity index (χ1) is 7.47. The van der Waals surface area contributed by atoms with E-state index in [0.717, 1.165) is 19.2 Å². The summed E-state index contributed by atoms with van der Waals surface area (Å²) < 4.78 is 17.5. The van der Waals surface area contributed by atoms with Crippen molar-refractivity contribution in [2.24, 2.45) is 0 Å². The summed E-state index contributed by atoms with van der Waals surface area (Å²) in [6, 6.07) is 3.45. The maximum atomic E-state index is 13.3. The molecular weight excluding hydrogens is 239 g/mol. The van der Waals surface area contributed by atoms with E-state index in [4.69, 9.17) is 11.6 Å². The van der Waals surface area contributed by atoms with E-state index in [-0.39, 0.29) is 10.6 Å². The van der Waals surface area contributed by atoms with Crippen LogP contribution in [0.25, 0.3) is 0 Å². The van der Waals surface area contributed by atoms with Crippen molar-refractivity contribution in [1.82, 2.24) is 0 Å². The first-order valence-corrected chi connectivity index (χ1v) is 4.74. The largest absolute Gasteiger partial charge is 0.467 e. The van der Waals surface area contributed by atoms with Crippen LogP contribution in [0.15, 0.2) is 18.2 Å². The average Bonchev–Trinajstić information content (AvgIpc) is 2.29. The molecule has 0 aliphatic carbocycles. The van der Waals surface area contributed by atoms with E-state index in [0.29, 0.717) is 0 Å². The summed E-state index contributed by atoms with van der Waals surface area (Å²) in [7, 11) is 1.05. The highest BCUT2D eigenvalue weighted by Gasteiger charge is 2.28. The van der Waals surface area contributed by atoms with Gasteiger partial charge in [-0.1, -0.05) is 11.6 Å². The maximum Gasteiger partial charge on any atom is 0.337 e. The fourth-order valence-electron chi connectivity index (χ4n) is 1.16. The van der Waals surface area contributed by atoms with Gasteiger partial charge < -0.3 is 14.9 Å². The van der Waals surface area contributed by atoms with Crippen molar-refractivity contribution in [3.63, 3.8) is 0 Å². The van der Waals surface area contributed by atoms with Gasteiger partial charge in [-0.05, 0) is 18.2 Å². The van der Waals surface area contributed by atoms with Gasteiger partial charge in [0.15, 0.2) is 6.10 Å². The Kier molecular flexibility index (Phi) is 4.23. The molecule has 1 aromatic rings. The lowest BCUT2D eigenvalue weighted by Gasteiger charge is -2.16. The quantitative estimate of drug-likeness (QED) is 0.785. The van der Waals surface area contributed by atoms with Crippen LogP contribution in [-0.4, -0.2) is 29.4 Å². The number of hydrogen-bond acceptors (Lipinski definition) is 4. The number of halogens is 2. The molecule has 0 spiro atoms. The van der Waals surface area contributed by atoms with E-state index in [1.165, 1.54) is 6.07 Å². The molecule has 0 aliphatic heterocycles. The minimum Gasteiger partial charge on any atom is -0.467 e. The summed E-state index contributed by atoms with van der Waals surface area (Å²) in [5, 5.41) is 19.1. The summed E-state index contributed by atoms with van der Waals surface area (Å²) in [6.07, 6.45) is -3.57. The Bertz CT molecular complexity index is 396. The average molecular weight is 249 g/mol. The maximum absolute atomic E-state index is 13.3. The predicted molar refractivity (Wildman–Crippen MR) is 54.4 cm³/mol. The van der Waals surface area contributed by atoms with Gasteiger partial charge in [-0.3, -0.25) is 0 Å². The summed E-state index contributed by atoms with van der Waals surface area (Å²) in [5.41, 5.74) is -0.259. The monoisotopic (exact) mass is 248 g/mol. The molecule has 2 atom stereocenters. The number of carbonyl (C=O) groups is 1. The van der Waals surface area contributed by atoms with Gasteiger partial charge in [-0.15, -0.1) is 0 Å². The van der Waals surface area contributed by atoms with Crippen molar-refractivity contribution < 1.29 is 24.1 Å². The number of rotatable bonds is 3. The molecule has 6 heteroatoms. The van der Waals surface area contributed by atoms with Crippen LogP contribution in [0.4, 0.5) is 4.39 Å². The Morgan fingerprint density at radius 2 is 2.12 bits per heavy atom. The summed E-state index contributed by atoms with van der Waals surface area (Å²) >= 11 is 5.60. The third-order valence-corrected chi connectivity index (χ3v) is 2.25. The SMILES string of the molecule is COC(=O)C(O)C(O)c1cc(Cl)ccc1F. The Labute approximate surface area is 96.2 Å². The molecule has 88 valence electrons. The van der Waals surface area contributed by atoms with Crippen LogP contribution < -0.4 is 0 Å². The molecule has 0 bridgehead atoms. The molecule has 0 aliphatic rings. The van der Waals surface area contributed by atoms with E-state index < -0.39 is 24.0 Å². The van der Waals surface area contributed by atoms with Gasteiger partial charge in [0.1, 0.15) is 11.9 Å². The number of aliphatic hydroxyl groups excluding tert-OH is 2. The zero-order valence-corrected chi connectivity index (χ0v) is 9.11. The van der Waals surface area contributed by atoms with Crippen molar-refractivity contribution in [3.8, 4) is 0 Å². The smallest absolute Gasteiger partial charge is 0.337 e. The molecule has 0 aromatic heterocycles. The second-order valence-corrected chi connectivity index (χ2v) is 3.52. The zero-order chi connectivity index (χ0) is 12.3. The van der Waals surface area contributed by atoms with Crippen LogP contribution in [0.2, 0.25) is 5.02 Å². The van der Waals surface area contributed by atoms with Crippen molar-refractivity contribution >= 4 is 17.6 Å². The number of hydrogen-bond donors (Lipinski definition) is 2. The molecule has 2 unspecified atom stereocenters. The fraction of sp³-hybridized carbons (Fsp3) is 0.300. The van der Waals surface area contributed by atoms with Gasteiger partial charge in [0.2, 0.25) is 0 Å². The highest BCUT2D eigenvalue weighted by molar-refractivity contribution is 6.30. The molecule has 4 nitrogen and oxygen atoms in total. The summed E-state index contributed by atoms with van der Waals surface area (Å²) in [6.45, 7) is 0. The summed E-state index contributed by atoms with van der Waals surface area (Å²) in [5.74, 6) is -1.81. The molecular formula is C10H10ClFO4. The Morgan fingerprint density at radius 1 is 1.50 bits per heavy atom. The molecule has 0 heterocycles. The molecule has 0 radical (unpaired) electrons. The lowest BCUT2D eigenvalue weighted by atomic mass is 10.0. The van der Waals surface area contributed by atoms with Gasteiger partial charge in [-0.2, -0.15) is 0 Å². The van der Waals surface area contributed by atoms with Crippen molar-refractivity contribution in [3.05, 3.63) is 34.6 Å². The standard InChI is InChI=1S/C10H10ClFO4/c1-16-10(15)9(14)8(13)6-4-5(11)2-3-7(6)12/h2-4,8-9,13-14H,1H3. The second kappa shape index (κ2) is 5.25. The minimum absolute atomic E-state index is 0.188. The fourth-order valence-corrected chi connectivity index (χ4v) is 1.34. The lowest BCUT2D eigenvalue weighted by Crippen LogP contribution is -2.29. The van der Waals surface area contributed by atoms with Gasteiger partial charge >= 0.3 is 5.97 Å². The highest BCUT2D eigenvalue weighted by atomic mass is 35.5. The molecule has 1 rings (SSSR count). The molecule has 0 amide bonds. The van der Waals surface area contributed by atoms with Crippen LogP contribution in [0.3, 0.4) is 0 Å². The number of esters is 1. The first-order valence-electron chi connectivity index (χ1n) is 4.36. The number of ether oxygens (including phenoxy) is 1. The zero-order valence-electron chi connectivity index (χ0n) is 8.35. The number of methoxy groups -OCH3 is 1. The van der Waals surface area contributed by atoms with Gasteiger partial charge in [0.05, 0.1) is 7.11 Å². The third kappa shape index (κ3) is 2.69. The van der Waals surface area contributed by atoms with Crippen LogP contribution >= 0.6 is 11.6 Å². The molecule has 2 N–H and O–H groups in total. The van der Waals surface area contributed by atoms with Crippen LogP contribution in [0.1, 0.15) is 11.7 Å². The number of aliphatic hydroxyl groups is 2. The second-order valence-electron chi connectivity index (χ2n) is 3.08. The van der Waals surface area contributed by atoms with E-state index in [2.05, 4.69) is 4.74 Å². The molecule has 16 heavy (non-hydrogen) atoms. The number of carbonyl (C=O) groups excluding carboxylic acids is 1. The Hall–Kier alpha value is -1.17. The third-order valence-electron chi connectivity index (χ3n) is 2.02. The van der Waals surface area contributed by atoms with Crippen molar-refractivity contribution in [2.45, 2.75) is 12.2 Å². The van der Waals surface area contributed by atoms with E-state index in [1.807, 2.05) is 0 Å². The topological polar surface area (TPSA) is 66.8 Å². The lowest BCUT2D eigenvalue weighted by molar-refractivity contribution is -0.156. The van der Waals surface area contributed by atoms with E-state index in [1.54, 1.807) is 0 Å². The first kappa shape index (κ1) is 12.9. The van der Waals surface area contributed by atoms with Crippen molar-refractivity contribution in [2.75, 3.05) is 7.11 Å². The van der Waals surface area contributed by atoms with E-state index in [9.17, 15) is 19.4 Å². The molecule has 0 fully saturated rings. The van der Waals surface area contributed by atoms with Gasteiger partial charge in [0, 0.05) is 10.6 Å².